The summed E-state index contributed by atoms with van der Waals surface area (Å²) in [7, 11) is 1.32. The molecule has 2 aromatic rings. The molecule has 3 rings (SSSR count). The summed E-state index contributed by atoms with van der Waals surface area (Å²) < 4.78 is 21.7. The van der Waals surface area contributed by atoms with Crippen molar-refractivity contribution in [1.82, 2.24) is 0 Å². The van der Waals surface area contributed by atoms with Crippen molar-refractivity contribution < 1.29 is 39.1 Å². The Hall–Kier alpha value is -2.17. The van der Waals surface area contributed by atoms with Gasteiger partial charge in [-0.1, -0.05) is 0 Å². The highest BCUT2D eigenvalue weighted by Gasteiger charge is 2.46. The summed E-state index contributed by atoms with van der Waals surface area (Å²) >= 11 is 0. The van der Waals surface area contributed by atoms with E-state index in [0.29, 0.717) is 5.56 Å². The molecule has 4 N–H and O–H groups in total. The molecule has 9 nitrogen and oxygen atoms in total. The number of phenolic OH excluding ortho intramolecular Hbond substituents is 1. The van der Waals surface area contributed by atoms with E-state index in [1.807, 2.05) is 0 Å². The predicted octanol–water partition coefficient (Wildman–Crippen LogP) is -0.0518. The lowest BCUT2D eigenvalue weighted by Crippen LogP contribution is -2.60. The number of aromatic hydroxyl groups is 1. The van der Waals surface area contributed by atoms with Crippen molar-refractivity contribution in [2.75, 3.05) is 13.7 Å². The van der Waals surface area contributed by atoms with Crippen LogP contribution >= 0.6 is 0 Å². The van der Waals surface area contributed by atoms with E-state index in [9.17, 15) is 25.2 Å². The maximum absolute atomic E-state index is 12.1. The van der Waals surface area contributed by atoms with Crippen LogP contribution in [0.25, 0.3) is 11.0 Å². The van der Waals surface area contributed by atoms with Crippen LogP contribution in [0.3, 0.4) is 0 Å². The number of fused-ring (bicyclic) bond motifs is 1. The summed E-state index contributed by atoms with van der Waals surface area (Å²) in [4.78, 5) is 12.1. The largest absolute Gasteiger partial charge is 0.507 e. The Labute approximate surface area is 154 Å². The highest BCUT2D eigenvalue weighted by molar-refractivity contribution is 5.89. The van der Waals surface area contributed by atoms with E-state index >= 15 is 0 Å². The molecule has 1 aromatic carbocycles. The third kappa shape index (κ3) is 3.17. The van der Waals surface area contributed by atoms with Crippen molar-refractivity contribution in [1.29, 1.82) is 0 Å². The molecule has 0 saturated carbocycles. The minimum Gasteiger partial charge on any atom is -0.507 e. The van der Waals surface area contributed by atoms with E-state index in [1.165, 1.54) is 26.4 Å². The molecule has 2 heterocycles. The Morgan fingerprint density at radius 3 is 2.52 bits per heavy atom. The molecule has 0 bridgehead atoms. The van der Waals surface area contributed by atoms with Gasteiger partial charge in [-0.25, -0.2) is 0 Å². The number of aryl methyl sites for hydroxylation is 1. The highest BCUT2D eigenvalue weighted by Crippen LogP contribution is 2.39. The molecule has 1 aliphatic rings. The maximum Gasteiger partial charge on any atom is 0.229 e. The van der Waals surface area contributed by atoms with Crippen LogP contribution in [0.15, 0.2) is 21.5 Å². The smallest absolute Gasteiger partial charge is 0.229 e. The quantitative estimate of drug-likeness (QED) is 0.573. The Balaban J connectivity index is 2.03. The summed E-state index contributed by atoms with van der Waals surface area (Å²) in [5.74, 6) is -0.169. The van der Waals surface area contributed by atoms with Gasteiger partial charge in [0, 0.05) is 24.3 Å². The minimum atomic E-state index is -1.47. The number of phenols is 1. The average molecular weight is 382 g/mol. The first-order valence-corrected chi connectivity index (χ1v) is 8.37. The molecule has 0 unspecified atom stereocenters. The molecule has 5 atom stereocenters. The van der Waals surface area contributed by atoms with Crippen molar-refractivity contribution in [2.24, 2.45) is 0 Å². The summed E-state index contributed by atoms with van der Waals surface area (Å²) in [6, 6.07) is 1.20. The molecule has 1 saturated heterocycles. The lowest BCUT2D eigenvalue weighted by molar-refractivity contribution is -0.282. The number of methoxy groups -OCH3 is 1. The number of aliphatic hydroxyl groups is 3. The molecule has 1 aliphatic heterocycles. The molecule has 0 spiro atoms. The highest BCUT2D eigenvalue weighted by atomic mass is 16.7. The van der Waals surface area contributed by atoms with Crippen molar-refractivity contribution in [3.8, 4) is 11.5 Å². The van der Waals surface area contributed by atoms with E-state index < -0.39 is 42.7 Å². The van der Waals surface area contributed by atoms with Crippen molar-refractivity contribution in [3.05, 3.63) is 33.7 Å². The first kappa shape index (κ1) is 19.6. The van der Waals surface area contributed by atoms with E-state index in [0.717, 1.165) is 0 Å². The van der Waals surface area contributed by atoms with Gasteiger partial charge in [-0.15, -0.1) is 0 Å². The third-order valence-corrected chi connectivity index (χ3v) is 4.82. The molecule has 148 valence electrons. The number of hydrogen-bond acceptors (Lipinski definition) is 9. The van der Waals surface area contributed by atoms with E-state index in [-0.39, 0.29) is 28.0 Å². The predicted molar refractivity (Wildman–Crippen MR) is 92.8 cm³/mol. The van der Waals surface area contributed by atoms with E-state index in [1.54, 1.807) is 6.92 Å². The summed E-state index contributed by atoms with van der Waals surface area (Å²) in [6.45, 7) is 2.70. The van der Waals surface area contributed by atoms with Crippen molar-refractivity contribution in [3.63, 3.8) is 0 Å². The number of rotatable bonds is 4. The SMILES string of the molecule is CO[C@H]1[C@H](O)[C@@H](O)[C@H](Oc2c(C)c(O)c3c(=O)ccoc3c2C)O[C@@H]1CO. The van der Waals surface area contributed by atoms with Gasteiger partial charge in [0.05, 0.1) is 12.9 Å². The Morgan fingerprint density at radius 2 is 1.89 bits per heavy atom. The van der Waals surface area contributed by atoms with Crippen LogP contribution in [-0.2, 0) is 9.47 Å². The lowest BCUT2D eigenvalue weighted by Gasteiger charge is -2.41. The lowest BCUT2D eigenvalue weighted by atomic mass is 9.98. The van der Waals surface area contributed by atoms with Crippen LogP contribution in [0, 0.1) is 13.8 Å². The molecule has 0 amide bonds. The van der Waals surface area contributed by atoms with Gasteiger partial charge >= 0.3 is 0 Å². The van der Waals surface area contributed by atoms with Crippen LogP contribution in [0.2, 0.25) is 0 Å². The zero-order valence-electron chi connectivity index (χ0n) is 15.1. The zero-order chi connectivity index (χ0) is 19.9. The monoisotopic (exact) mass is 382 g/mol. The fourth-order valence-electron chi connectivity index (χ4n) is 3.33. The first-order valence-electron chi connectivity index (χ1n) is 8.37. The summed E-state index contributed by atoms with van der Waals surface area (Å²) in [5.41, 5.74) is 0.398. The van der Waals surface area contributed by atoms with E-state index in [4.69, 9.17) is 18.6 Å². The minimum absolute atomic E-state index is 0.0256. The topological polar surface area (TPSA) is 139 Å². The van der Waals surface area contributed by atoms with Gasteiger partial charge in [-0.3, -0.25) is 4.79 Å². The van der Waals surface area contributed by atoms with Gasteiger partial charge in [0.25, 0.3) is 0 Å². The van der Waals surface area contributed by atoms with Gasteiger partial charge in [-0.05, 0) is 13.8 Å². The molecule has 9 heteroatoms. The van der Waals surface area contributed by atoms with Gasteiger partial charge in [-0.2, -0.15) is 0 Å². The van der Waals surface area contributed by atoms with Crippen LogP contribution < -0.4 is 10.2 Å². The second-order valence-corrected chi connectivity index (χ2v) is 6.44. The zero-order valence-corrected chi connectivity index (χ0v) is 15.1. The maximum atomic E-state index is 12.1. The Kier molecular flexibility index (Phi) is 5.41. The summed E-state index contributed by atoms with van der Waals surface area (Å²) in [6.07, 6.45) is -4.83. The van der Waals surface area contributed by atoms with Gasteiger partial charge in [0.2, 0.25) is 6.29 Å². The Bertz CT molecular complexity index is 889. The second kappa shape index (κ2) is 7.45. The molecule has 1 fully saturated rings. The second-order valence-electron chi connectivity index (χ2n) is 6.44. The van der Waals surface area contributed by atoms with Gasteiger partial charge < -0.3 is 39.1 Å². The standard InChI is InChI=1S/C18H22O9/c1-7-12(21)11-9(20)4-5-25-16(11)8(2)15(7)27-18-14(23)13(22)17(24-3)10(6-19)26-18/h4-5,10,13-14,17-19,21-23H,6H2,1-3H3/t10-,13-,14-,17-,18+/m1/s1. The van der Waals surface area contributed by atoms with Crippen LogP contribution in [0.4, 0.5) is 0 Å². The first-order chi connectivity index (χ1) is 12.8. The molecular weight excluding hydrogens is 360 g/mol. The van der Waals surface area contributed by atoms with Crippen LogP contribution in [-0.4, -0.2) is 64.8 Å². The average Bonchev–Trinajstić information content (AvgIpc) is 2.66. The van der Waals surface area contributed by atoms with E-state index in [2.05, 4.69) is 0 Å². The fraction of sp³-hybridized carbons (Fsp3) is 0.500. The molecule has 0 aliphatic carbocycles. The molecular formula is C18H22O9. The number of hydrogen-bond donors (Lipinski definition) is 4. The van der Waals surface area contributed by atoms with Crippen molar-refractivity contribution in [2.45, 2.75) is 44.6 Å². The molecule has 1 aromatic heterocycles. The molecule has 27 heavy (non-hydrogen) atoms. The van der Waals surface area contributed by atoms with Crippen molar-refractivity contribution >= 4 is 11.0 Å². The van der Waals surface area contributed by atoms with Gasteiger partial charge in [0.15, 0.2) is 5.43 Å². The van der Waals surface area contributed by atoms with Crippen LogP contribution in [0.5, 0.6) is 11.5 Å². The fourth-order valence-corrected chi connectivity index (χ4v) is 3.33. The van der Waals surface area contributed by atoms with Gasteiger partial charge in [0.1, 0.15) is 46.9 Å². The molecule has 0 radical (unpaired) electrons. The Morgan fingerprint density at radius 1 is 1.19 bits per heavy atom. The normalized spacial score (nSPS) is 28.4. The summed E-state index contributed by atoms with van der Waals surface area (Å²) in [5, 5.41) is 40.5. The number of aliphatic hydroxyl groups excluding tert-OH is 3. The third-order valence-electron chi connectivity index (χ3n) is 4.82. The number of ether oxygens (including phenoxy) is 3. The van der Waals surface area contributed by atoms with Crippen LogP contribution in [0.1, 0.15) is 11.1 Å². The number of benzene rings is 1.